The molecule has 2 aromatic carbocycles. The zero-order chi connectivity index (χ0) is 18.6. The summed E-state index contributed by atoms with van der Waals surface area (Å²) in [5, 5.41) is 5.54. The third kappa shape index (κ3) is 4.76. The van der Waals surface area contributed by atoms with Crippen LogP contribution >= 0.6 is 0 Å². The van der Waals surface area contributed by atoms with Gasteiger partial charge in [0.2, 0.25) is 5.91 Å². The van der Waals surface area contributed by atoms with Crippen molar-refractivity contribution < 1.29 is 14.4 Å². The van der Waals surface area contributed by atoms with Crippen LogP contribution < -0.4 is 10.6 Å². The van der Waals surface area contributed by atoms with E-state index in [0.717, 1.165) is 0 Å². The van der Waals surface area contributed by atoms with Gasteiger partial charge in [0, 0.05) is 22.2 Å². The summed E-state index contributed by atoms with van der Waals surface area (Å²) < 4.78 is 0. The third-order valence-electron chi connectivity index (χ3n) is 3.62. The van der Waals surface area contributed by atoms with Gasteiger partial charge < -0.3 is 10.6 Å². The van der Waals surface area contributed by atoms with E-state index in [1.165, 1.54) is 6.92 Å². The van der Waals surface area contributed by atoms with E-state index in [1.807, 2.05) is 20.8 Å². The van der Waals surface area contributed by atoms with Gasteiger partial charge in [-0.05, 0) is 37.3 Å². The summed E-state index contributed by atoms with van der Waals surface area (Å²) in [4.78, 5) is 36.2. The fraction of sp³-hybridized carbons (Fsp3) is 0.250. The van der Waals surface area contributed by atoms with Gasteiger partial charge >= 0.3 is 0 Å². The number of hydrogen-bond acceptors (Lipinski definition) is 3. The Bertz CT molecular complexity index is 820. The number of benzene rings is 2. The van der Waals surface area contributed by atoms with Gasteiger partial charge in [0.25, 0.3) is 5.91 Å². The van der Waals surface area contributed by atoms with Crippen LogP contribution in [0.15, 0.2) is 48.5 Å². The van der Waals surface area contributed by atoms with Crippen molar-refractivity contribution in [1.29, 1.82) is 0 Å². The predicted molar refractivity (Wildman–Crippen MR) is 98.9 cm³/mol. The van der Waals surface area contributed by atoms with Crippen LogP contribution in [0.5, 0.6) is 0 Å². The van der Waals surface area contributed by atoms with E-state index in [0.29, 0.717) is 22.5 Å². The molecule has 2 aromatic rings. The van der Waals surface area contributed by atoms with Gasteiger partial charge in [0.05, 0.1) is 5.69 Å². The summed E-state index contributed by atoms with van der Waals surface area (Å²) in [5.74, 6) is -0.602. The molecule has 5 nitrogen and oxygen atoms in total. The molecule has 0 saturated carbocycles. The summed E-state index contributed by atoms with van der Waals surface area (Å²) >= 11 is 0. The maximum atomic E-state index is 12.5. The molecule has 0 aliphatic carbocycles. The molecule has 0 atom stereocenters. The maximum Gasteiger partial charge on any atom is 0.255 e. The Morgan fingerprint density at radius 1 is 0.880 bits per heavy atom. The molecule has 2 amide bonds. The van der Waals surface area contributed by atoms with Crippen LogP contribution in [-0.4, -0.2) is 17.6 Å². The Hall–Kier alpha value is -2.95. The highest BCUT2D eigenvalue weighted by Crippen LogP contribution is 2.20. The predicted octanol–water partition coefficient (Wildman–Crippen LogP) is 4.13. The first-order valence-electron chi connectivity index (χ1n) is 8.01. The fourth-order valence-corrected chi connectivity index (χ4v) is 2.15. The highest BCUT2D eigenvalue weighted by molar-refractivity contribution is 6.09. The van der Waals surface area contributed by atoms with E-state index in [2.05, 4.69) is 10.6 Å². The molecule has 0 radical (unpaired) electrons. The number of anilines is 2. The molecular weight excluding hydrogens is 316 g/mol. The summed E-state index contributed by atoms with van der Waals surface area (Å²) in [5.41, 5.74) is 1.33. The number of Topliss-reactive ketones (excluding diaryl/α,β-unsaturated/α-hetero) is 1. The lowest BCUT2D eigenvalue weighted by Gasteiger charge is -2.18. The zero-order valence-electron chi connectivity index (χ0n) is 14.8. The van der Waals surface area contributed by atoms with Crippen LogP contribution in [0.1, 0.15) is 48.4 Å². The van der Waals surface area contributed by atoms with E-state index >= 15 is 0 Å². The standard InChI is InChI=1S/C20H22N2O3/c1-13(23)16-10-5-6-11-17(16)22-18(24)14-8-7-9-15(12-14)21-19(25)20(2,3)4/h5-12H,1-4H3,(H,21,25)(H,22,24). The van der Waals surface area contributed by atoms with Crippen molar-refractivity contribution in [3.05, 3.63) is 59.7 Å². The Kier molecular flexibility index (Phi) is 5.37. The normalized spacial score (nSPS) is 10.9. The SMILES string of the molecule is CC(=O)c1ccccc1NC(=O)c1cccc(NC(=O)C(C)(C)C)c1. The molecule has 2 N–H and O–H groups in total. The van der Waals surface area contributed by atoms with Crippen molar-refractivity contribution in [2.24, 2.45) is 5.41 Å². The highest BCUT2D eigenvalue weighted by atomic mass is 16.2. The largest absolute Gasteiger partial charge is 0.326 e. The Balaban J connectivity index is 2.20. The number of amides is 2. The number of hydrogen-bond donors (Lipinski definition) is 2. The van der Waals surface area contributed by atoms with Crippen molar-refractivity contribution in [2.75, 3.05) is 10.6 Å². The zero-order valence-corrected chi connectivity index (χ0v) is 14.8. The van der Waals surface area contributed by atoms with Gasteiger partial charge in [-0.15, -0.1) is 0 Å². The molecule has 0 unspecified atom stereocenters. The molecule has 25 heavy (non-hydrogen) atoms. The van der Waals surface area contributed by atoms with Gasteiger partial charge in [-0.3, -0.25) is 14.4 Å². The third-order valence-corrected chi connectivity index (χ3v) is 3.62. The van der Waals surface area contributed by atoms with Gasteiger partial charge in [-0.25, -0.2) is 0 Å². The molecular formula is C20H22N2O3. The van der Waals surface area contributed by atoms with Crippen molar-refractivity contribution in [1.82, 2.24) is 0 Å². The van der Waals surface area contributed by atoms with Crippen LogP contribution in [0.4, 0.5) is 11.4 Å². The first kappa shape index (κ1) is 18.4. The lowest BCUT2D eigenvalue weighted by atomic mass is 9.95. The number of rotatable bonds is 4. The molecule has 0 heterocycles. The molecule has 2 rings (SSSR count). The second kappa shape index (κ2) is 7.30. The Labute approximate surface area is 147 Å². The summed E-state index contributed by atoms with van der Waals surface area (Å²) in [6, 6.07) is 13.5. The average Bonchev–Trinajstić information content (AvgIpc) is 2.54. The molecule has 0 saturated heterocycles. The van der Waals surface area contributed by atoms with Crippen LogP contribution in [0.2, 0.25) is 0 Å². The maximum absolute atomic E-state index is 12.5. The summed E-state index contributed by atoms with van der Waals surface area (Å²) in [7, 11) is 0. The quantitative estimate of drug-likeness (QED) is 0.823. The molecule has 0 aromatic heterocycles. The molecule has 0 aliphatic heterocycles. The van der Waals surface area contributed by atoms with Crippen molar-refractivity contribution in [2.45, 2.75) is 27.7 Å². The van der Waals surface area contributed by atoms with E-state index in [-0.39, 0.29) is 17.6 Å². The van der Waals surface area contributed by atoms with E-state index in [4.69, 9.17) is 0 Å². The van der Waals surface area contributed by atoms with Crippen LogP contribution in [-0.2, 0) is 4.79 Å². The smallest absolute Gasteiger partial charge is 0.255 e. The fourth-order valence-electron chi connectivity index (χ4n) is 2.15. The number of carbonyl (C=O) groups is 3. The van der Waals surface area contributed by atoms with Crippen molar-refractivity contribution >= 4 is 29.0 Å². The van der Waals surface area contributed by atoms with E-state index < -0.39 is 5.41 Å². The van der Waals surface area contributed by atoms with Crippen LogP contribution in [0.25, 0.3) is 0 Å². The molecule has 0 aliphatic rings. The lowest BCUT2D eigenvalue weighted by molar-refractivity contribution is -0.123. The first-order valence-corrected chi connectivity index (χ1v) is 8.01. The monoisotopic (exact) mass is 338 g/mol. The molecule has 5 heteroatoms. The summed E-state index contributed by atoms with van der Waals surface area (Å²) in [6.07, 6.45) is 0. The first-order chi connectivity index (χ1) is 11.7. The molecule has 130 valence electrons. The minimum atomic E-state index is -0.529. The Morgan fingerprint density at radius 2 is 1.56 bits per heavy atom. The number of nitrogens with one attached hydrogen (secondary N) is 2. The molecule has 0 bridgehead atoms. The van der Waals surface area contributed by atoms with Gasteiger partial charge in [-0.1, -0.05) is 39.0 Å². The topological polar surface area (TPSA) is 75.3 Å². The summed E-state index contributed by atoms with van der Waals surface area (Å²) in [6.45, 7) is 6.90. The lowest BCUT2D eigenvalue weighted by Crippen LogP contribution is -2.27. The van der Waals surface area contributed by atoms with E-state index in [9.17, 15) is 14.4 Å². The van der Waals surface area contributed by atoms with Crippen LogP contribution in [0.3, 0.4) is 0 Å². The van der Waals surface area contributed by atoms with E-state index in [1.54, 1.807) is 48.5 Å². The van der Waals surface area contributed by atoms with Crippen LogP contribution in [0, 0.1) is 5.41 Å². The van der Waals surface area contributed by atoms with Gasteiger partial charge in [-0.2, -0.15) is 0 Å². The highest BCUT2D eigenvalue weighted by Gasteiger charge is 2.21. The van der Waals surface area contributed by atoms with Crippen molar-refractivity contribution in [3.63, 3.8) is 0 Å². The number of ketones is 1. The number of para-hydroxylation sites is 1. The Morgan fingerprint density at radius 3 is 2.20 bits per heavy atom. The minimum absolute atomic E-state index is 0.123. The van der Waals surface area contributed by atoms with Gasteiger partial charge in [0.15, 0.2) is 5.78 Å². The number of carbonyl (C=O) groups excluding carboxylic acids is 3. The minimum Gasteiger partial charge on any atom is -0.326 e. The average molecular weight is 338 g/mol. The second-order valence-electron chi connectivity index (χ2n) is 6.84. The van der Waals surface area contributed by atoms with Crippen molar-refractivity contribution in [3.8, 4) is 0 Å². The second-order valence-corrected chi connectivity index (χ2v) is 6.84. The molecule has 0 fully saturated rings. The van der Waals surface area contributed by atoms with Gasteiger partial charge in [0.1, 0.15) is 0 Å². The molecule has 0 spiro atoms.